The molecule has 2 aromatic rings. The number of terminal acetylenes is 1. The summed E-state index contributed by atoms with van der Waals surface area (Å²) in [7, 11) is 0. The quantitative estimate of drug-likeness (QED) is 0.810. The maximum atomic E-state index is 5.75. The van der Waals surface area contributed by atoms with Crippen LogP contribution in [-0.2, 0) is 11.2 Å². The van der Waals surface area contributed by atoms with Crippen molar-refractivity contribution in [2.45, 2.75) is 38.9 Å². The zero-order valence-electron chi connectivity index (χ0n) is 12.1. The highest BCUT2D eigenvalue weighted by molar-refractivity contribution is 5.55. The van der Waals surface area contributed by atoms with Crippen LogP contribution >= 0.6 is 0 Å². The van der Waals surface area contributed by atoms with E-state index >= 15 is 0 Å². The van der Waals surface area contributed by atoms with Crippen molar-refractivity contribution in [3.63, 3.8) is 0 Å². The van der Waals surface area contributed by atoms with E-state index in [1.54, 1.807) is 12.4 Å². The monoisotopic (exact) mass is 283 g/mol. The van der Waals surface area contributed by atoms with E-state index in [2.05, 4.69) is 34.9 Å². The molecule has 1 saturated heterocycles. The van der Waals surface area contributed by atoms with Crippen molar-refractivity contribution in [1.82, 2.24) is 15.1 Å². The standard InChI is InChI=1S/C16H17N3O2/c1-4-12-6-14(9-17-8-12)16-18-15(21-19-16)7-13-5-10(2)20-11(13)3/h1,6,8-11,13H,5,7H2,2-3H3. The normalized spacial score (nSPS) is 24.9. The second kappa shape index (κ2) is 5.66. The van der Waals surface area contributed by atoms with E-state index < -0.39 is 0 Å². The molecule has 5 nitrogen and oxygen atoms in total. The zero-order valence-corrected chi connectivity index (χ0v) is 12.1. The number of aromatic nitrogens is 3. The van der Waals surface area contributed by atoms with Crippen LogP contribution in [0, 0.1) is 18.3 Å². The molecule has 3 atom stereocenters. The molecule has 0 spiro atoms. The summed E-state index contributed by atoms with van der Waals surface area (Å²) in [6.07, 6.45) is 11.0. The second-order valence-electron chi connectivity index (χ2n) is 5.47. The van der Waals surface area contributed by atoms with Gasteiger partial charge in [-0.25, -0.2) is 0 Å². The van der Waals surface area contributed by atoms with Gasteiger partial charge in [-0.05, 0) is 32.3 Å². The molecular formula is C16H17N3O2. The van der Waals surface area contributed by atoms with Crippen molar-refractivity contribution >= 4 is 0 Å². The Morgan fingerprint density at radius 1 is 1.38 bits per heavy atom. The first kappa shape index (κ1) is 13.8. The molecule has 3 heterocycles. The molecule has 5 heteroatoms. The summed E-state index contributed by atoms with van der Waals surface area (Å²) in [5.41, 5.74) is 1.47. The van der Waals surface area contributed by atoms with E-state index in [-0.39, 0.29) is 6.10 Å². The van der Waals surface area contributed by atoms with Gasteiger partial charge in [-0.1, -0.05) is 11.1 Å². The van der Waals surface area contributed by atoms with Crippen molar-refractivity contribution in [2.24, 2.45) is 5.92 Å². The molecule has 0 aliphatic carbocycles. The van der Waals surface area contributed by atoms with Gasteiger partial charge < -0.3 is 9.26 Å². The largest absolute Gasteiger partial charge is 0.375 e. The summed E-state index contributed by atoms with van der Waals surface area (Å²) in [4.78, 5) is 8.52. The molecule has 3 unspecified atom stereocenters. The minimum Gasteiger partial charge on any atom is -0.375 e. The highest BCUT2D eigenvalue weighted by Gasteiger charge is 2.31. The van der Waals surface area contributed by atoms with Gasteiger partial charge in [0.15, 0.2) is 0 Å². The summed E-state index contributed by atoms with van der Waals surface area (Å²) in [6, 6.07) is 1.82. The Kier molecular flexibility index (Phi) is 3.72. The maximum Gasteiger partial charge on any atom is 0.227 e. The summed E-state index contributed by atoms with van der Waals surface area (Å²) in [5.74, 6) is 4.12. The third-order valence-electron chi connectivity index (χ3n) is 3.81. The molecular weight excluding hydrogens is 266 g/mol. The first-order valence-electron chi connectivity index (χ1n) is 7.06. The average Bonchev–Trinajstić information content (AvgIpc) is 3.06. The van der Waals surface area contributed by atoms with Crippen LogP contribution in [0.5, 0.6) is 0 Å². The number of nitrogens with zero attached hydrogens (tertiary/aromatic N) is 3. The van der Waals surface area contributed by atoms with Gasteiger partial charge in [0.05, 0.1) is 12.2 Å². The Morgan fingerprint density at radius 2 is 2.24 bits per heavy atom. The van der Waals surface area contributed by atoms with Crippen molar-refractivity contribution in [1.29, 1.82) is 0 Å². The van der Waals surface area contributed by atoms with Gasteiger partial charge in [-0.15, -0.1) is 6.42 Å². The fourth-order valence-electron chi connectivity index (χ4n) is 2.72. The van der Waals surface area contributed by atoms with Crippen molar-refractivity contribution < 1.29 is 9.26 Å². The summed E-state index contributed by atoms with van der Waals surface area (Å²) < 4.78 is 11.1. The van der Waals surface area contributed by atoms with Gasteiger partial charge in [0.1, 0.15) is 0 Å². The SMILES string of the molecule is C#Cc1cncc(-c2noc(CC3CC(C)OC3C)n2)c1. The van der Waals surface area contributed by atoms with Crippen LogP contribution in [0.4, 0.5) is 0 Å². The lowest BCUT2D eigenvalue weighted by Crippen LogP contribution is -2.14. The van der Waals surface area contributed by atoms with Crippen molar-refractivity contribution in [2.75, 3.05) is 0 Å². The van der Waals surface area contributed by atoms with E-state index in [0.717, 1.165) is 18.4 Å². The third-order valence-corrected chi connectivity index (χ3v) is 3.81. The molecule has 3 rings (SSSR count). The van der Waals surface area contributed by atoms with Gasteiger partial charge in [-0.2, -0.15) is 4.98 Å². The van der Waals surface area contributed by atoms with Crippen LogP contribution < -0.4 is 0 Å². The molecule has 2 aromatic heterocycles. The molecule has 21 heavy (non-hydrogen) atoms. The summed E-state index contributed by atoms with van der Waals surface area (Å²) >= 11 is 0. The Labute approximate surface area is 123 Å². The van der Waals surface area contributed by atoms with Gasteiger partial charge in [0, 0.05) is 29.9 Å². The Morgan fingerprint density at radius 3 is 2.95 bits per heavy atom. The number of hydrogen-bond donors (Lipinski definition) is 0. The molecule has 1 aliphatic heterocycles. The van der Waals surface area contributed by atoms with Crippen molar-refractivity contribution in [3.8, 4) is 23.7 Å². The van der Waals surface area contributed by atoms with E-state index in [0.29, 0.717) is 29.3 Å². The van der Waals surface area contributed by atoms with E-state index in [9.17, 15) is 0 Å². The summed E-state index contributed by atoms with van der Waals surface area (Å²) in [6.45, 7) is 4.18. The highest BCUT2D eigenvalue weighted by Crippen LogP contribution is 2.29. The van der Waals surface area contributed by atoms with Gasteiger partial charge in [-0.3, -0.25) is 4.98 Å². The summed E-state index contributed by atoms with van der Waals surface area (Å²) in [5, 5.41) is 4.01. The second-order valence-corrected chi connectivity index (χ2v) is 5.47. The van der Waals surface area contributed by atoms with E-state index in [4.69, 9.17) is 15.7 Å². The Hall–Kier alpha value is -2.19. The highest BCUT2D eigenvalue weighted by atomic mass is 16.5. The average molecular weight is 283 g/mol. The lowest BCUT2D eigenvalue weighted by molar-refractivity contribution is 0.0551. The molecule has 0 amide bonds. The maximum absolute atomic E-state index is 5.75. The fraction of sp³-hybridized carbons (Fsp3) is 0.438. The number of pyridine rings is 1. The van der Waals surface area contributed by atoms with Gasteiger partial charge in [0.25, 0.3) is 0 Å². The van der Waals surface area contributed by atoms with Crippen LogP contribution in [0.25, 0.3) is 11.4 Å². The van der Waals surface area contributed by atoms with Gasteiger partial charge >= 0.3 is 0 Å². The smallest absolute Gasteiger partial charge is 0.227 e. The Bertz CT molecular complexity index is 674. The topological polar surface area (TPSA) is 61.0 Å². The Balaban J connectivity index is 1.76. The van der Waals surface area contributed by atoms with Crippen LogP contribution in [0.1, 0.15) is 31.7 Å². The van der Waals surface area contributed by atoms with E-state index in [1.165, 1.54) is 0 Å². The van der Waals surface area contributed by atoms with Crippen LogP contribution in [0.3, 0.4) is 0 Å². The number of rotatable bonds is 3. The van der Waals surface area contributed by atoms with Crippen LogP contribution in [0.15, 0.2) is 23.0 Å². The predicted molar refractivity (Wildman–Crippen MR) is 77.3 cm³/mol. The van der Waals surface area contributed by atoms with Crippen LogP contribution in [-0.4, -0.2) is 27.3 Å². The number of hydrogen-bond acceptors (Lipinski definition) is 5. The fourth-order valence-corrected chi connectivity index (χ4v) is 2.72. The predicted octanol–water partition coefficient (Wildman–Crippen LogP) is 2.47. The molecule has 1 aliphatic rings. The third kappa shape index (κ3) is 2.96. The first-order valence-corrected chi connectivity index (χ1v) is 7.06. The molecule has 0 bridgehead atoms. The molecule has 0 radical (unpaired) electrons. The number of ether oxygens (including phenoxy) is 1. The van der Waals surface area contributed by atoms with E-state index in [1.807, 2.05) is 6.07 Å². The lowest BCUT2D eigenvalue weighted by atomic mass is 9.97. The van der Waals surface area contributed by atoms with Crippen LogP contribution in [0.2, 0.25) is 0 Å². The van der Waals surface area contributed by atoms with Gasteiger partial charge in [0.2, 0.25) is 11.7 Å². The molecule has 0 saturated carbocycles. The minimum atomic E-state index is 0.224. The first-order chi connectivity index (χ1) is 10.2. The molecule has 108 valence electrons. The van der Waals surface area contributed by atoms with Crippen molar-refractivity contribution in [3.05, 3.63) is 29.9 Å². The molecule has 0 N–H and O–H groups in total. The molecule has 1 fully saturated rings. The minimum absolute atomic E-state index is 0.224. The zero-order chi connectivity index (χ0) is 14.8. The molecule has 0 aromatic carbocycles. The lowest BCUT2D eigenvalue weighted by Gasteiger charge is -2.10.